The third-order valence-corrected chi connectivity index (χ3v) is 2.67. The second kappa shape index (κ2) is 4.46. The summed E-state index contributed by atoms with van der Waals surface area (Å²) in [6, 6.07) is 0. The molecule has 0 saturated heterocycles. The molecule has 0 aromatic carbocycles. The molecule has 0 aromatic rings. The van der Waals surface area contributed by atoms with E-state index in [1.165, 1.54) is 7.11 Å². The van der Waals surface area contributed by atoms with Crippen molar-refractivity contribution in [3.8, 4) is 0 Å². The Bertz CT molecular complexity index is 241. The van der Waals surface area contributed by atoms with Gasteiger partial charge in [0, 0.05) is 0 Å². The Morgan fingerprint density at radius 3 is 2.64 bits per heavy atom. The van der Waals surface area contributed by atoms with Crippen LogP contribution in [0.3, 0.4) is 0 Å². The van der Waals surface area contributed by atoms with Gasteiger partial charge in [-0.25, -0.2) is 4.79 Å². The molecular formula is C10H16O4. The maximum Gasteiger partial charge on any atom is 0.508 e. The number of carbonyl (C=O) groups excluding carboxylic acids is 1. The first-order chi connectivity index (χ1) is 6.58. The van der Waals surface area contributed by atoms with Crippen molar-refractivity contribution in [1.82, 2.24) is 0 Å². The van der Waals surface area contributed by atoms with Crippen molar-refractivity contribution in [1.29, 1.82) is 0 Å². The molecule has 0 aromatic heterocycles. The molecule has 1 aliphatic carbocycles. The molecule has 0 atom stereocenters. The van der Waals surface area contributed by atoms with E-state index in [0.29, 0.717) is 0 Å². The Labute approximate surface area is 83.5 Å². The van der Waals surface area contributed by atoms with Gasteiger partial charge >= 0.3 is 6.16 Å². The van der Waals surface area contributed by atoms with Gasteiger partial charge in [-0.15, -0.1) is 0 Å². The first-order valence-electron chi connectivity index (χ1n) is 4.69. The first kappa shape index (κ1) is 11.0. The summed E-state index contributed by atoms with van der Waals surface area (Å²) in [7, 11) is 1.26. The highest BCUT2D eigenvalue weighted by atomic mass is 16.7. The van der Waals surface area contributed by atoms with E-state index in [0.717, 1.165) is 24.8 Å². The van der Waals surface area contributed by atoms with Gasteiger partial charge in [-0.3, -0.25) is 0 Å². The van der Waals surface area contributed by atoms with Gasteiger partial charge < -0.3 is 14.6 Å². The third kappa shape index (κ3) is 2.48. The van der Waals surface area contributed by atoms with E-state index >= 15 is 0 Å². The second-order valence-electron chi connectivity index (χ2n) is 3.54. The average molecular weight is 200 g/mol. The molecule has 0 amide bonds. The number of methoxy groups -OCH3 is 1. The van der Waals surface area contributed by atoms with Gasteiger partial charge in [0.25, 0.3) is 0 Å². The van der Waals surface area contributed by atoms with Crippen LogP contribution in [0.2, 0.25) is 0 Å². The van der Waals surface area contributed by atoms with Crippen molar-refractivity contribution >= 4 is 6.16 Å². The van der Waals surface area contributed by atoms with E-state index in [9.17, 15) is 9.90 Å². The van der Waals surface area contributed by atoms with E-state index in [1.54, 1.807) is 6.08 Å². The molecule has 0 bridgehead atoms. The van der Waals surface area contributed by atoms with Crippen LogP contribution in [-0.4, -0.2) is 30.6 Å². The van der Waals surface area contributed by atoms with E-state index < -0.39 is 11.8 Å². The fourth-order valence-electron chi connectivity index (χ4n) is 1.39. The molecule has 1 aliphatic rings. The predicted molar refractivity (Wildman–Crippen MR) is 50.9 cm³/mol. The summed E-state index contributed by atoms with van der Waals surface area (Å²) in [5.74, 6) is 0. The minimum absolute atomic E-state index is 0.154. The lowest BCUT2D eigenvalue weighted by molar-refractivity contribution is 0.00166. The molecular weight excluding hydrogens is 184 g/mol. The lowest BCUT2D eigenvalue weighted by Crippen LogP contribution is -2.38. The van der Waals surface area contributed by atoms with Crippen LogP contribution in [0.25, 0.3) is 0 Å². The highest BCUT2D eigenvalue weighted by Gasteiger charge is 2.35. The number of hydrogen-bond donors (Lipinski definition) is 1. The van der Waals surface area contributed by atoms with Gasteiger partial charge in [0.2, 0.25) is 0 Å². The van der Waals surface area contributed by atoms with Crippen molar-refractivity contribution in [2.45, 2.75) is 31.8 Å². The quantitative estimate of drug-likeness (QED) is 0.555. The van der Waals surface area contributed by atoms with Crippen LogP contribution in [0, 0.1) is 0 Å². The van der Waals surface area contributed by atoms with Crippen LogP contribution < -0.4 is 0 Å². The second-order valence-corrected chi connectivity index (χ2v) is 3.54. The van der Waals surface area contributed by atoms with Crippen LogP contribution >= 0.6 is 0 Å². The van der Waals surface area contributed by atoms with E-state index in [2.05, 4.69) is 9.47 Å². The Morgan fingerprint density at radius 2 is 2.21 bits per heavy atom. The SMILES string of the molecule is COC(=O)OC/C=C(/C)C1(O)CCC1. The number of rotatable bonds is 3. The van der Waals surface area contributed by atoms with Crippen LogP contribution in [0.4, 0.5) is 4.79 Å². The Morgan fingerprint density at radius 1 is 1.57 bits per heavy atom. The molecule has 4 nitrogen and oxygen atoms in total. The number of hydrogen-bond acceptors (Lipinski definition) is 4. The molecule has 0 spiro atoms. The third-order valence-electron chi connectivity index (χ3n) is 2.67. The first-order valence-corrected chi connectivity index (χ1v) is 4.69. The van der Waals surface area contributed by atoms with Gasteiger partial charge in [0.15, 0.2) is 0 Å². The fraction of sp³-hybridized carbons (Fsp3) is 0.700. The molecule has 0 radical (unpaired) electrons. The summed E-state index contributed by atoms with van der Waals surface area (Å²) in [6.45, 7) is 2.00. The molecule has 14 heavy (non-hydrogen) atoms. The standard InChI is InChI=1S/C10H16O4/c1-8(10(12)5-3-6-10)4-7-14-9(11)13-2/h4,12H,3,5-7H2,1-2H3/b8-4-. The maximum absolute atomic E-state index is 10.6. The van der Waals surface area contributed by atoms with Crippen LogP contribution in [-0.2, 0) is 9.47 Å². The lowest BCUT2D eigenvalue weighted by atomic mass is 9.75. The fourth-order valence-corrected chi connectivity index (χ4v) is 1.39. The highest BCUT2D eigenvalue weighted by molar-refractivity contribution is 5.59. The zero-order valence-corrected chi connectivity index (χ0v) is 8.58. The van der Waals surface area contributed by atoms with E-state index in [-0.39, 0.29) is 6.61 Å². The summed E-state index contributed by atoms with van der Waals surface area (Å²) < 4.78 is 8.98. The number of carbonyl (C=O) groups is 1. The zero-order valence-electron chi connectivity index (χ0n) is 8.58. The monoisotopic (exact) mass is 200 g/mol. The van der Waals surface area contributed by atoms with Crippen molar-refractivity contribution in [3.05, 3.63) is 11.6 Å². The normalized spacial score (nSPS) is 19.8. The van der Waals surface area contributed by atoms with Gasteiger partial charge in [0.1, 0.15) is 6.61 Å². The van der Waals surface area contributed by atoms with Crippen LogP contribution in [0.15, 0.2) is 11.6 Å². The summed E-state index contributed by atoms with van der Waals surface area (Å²) >= 11 is 0. The Kier molecular flexibility index (Phi) is 3.52. The Hall–Kier alpha value is -1.03. The zero-order chi connectivity index (χ0) is 10.6. The summed E-state index contributed by atoms with van der Waals surface area (Å²) in [5.41, 5.74) is 0.215. The molecule has 1 fully saturated rings. The number of aliphatic hydroxyl groups is 1. The molecule has 1 rings (SSSR count). The molecule has 4 heteroatoms. The van der Waals surface area contributed by atoms with Crippen LogP contribution in [0.1, 0.15) is 26.2 Å². The van der Waals surface area contributed by atoms with Gasteiger partial charge in [-0.05, 0) is 37.8 Å². The maximum atomic E-state index is 10.6. The van der Waals surface area contributed by atoms with Crippen molar-refractivity contribution in [2.24, 2.45) is 0 Å². The summed E-state index contributed by atoms with van der Waals surface area (Å²) in [6.07, 6.45) is 3.67. The summed E-state index contributed by atoms with van der Waals surface area (Å²) in [5, 5.41) is 9.86. The summed E-state index contributed by atoms with van der Waals surface area (Å²) in [4.78, 5) is 10.6. The predicted octanol–water partition coefficient (Wildman–Crippen LogP) is 1.63. The molecule has 1 N–H and O–H groups in total. The molecule has 80 valence electrons. The van der Waals surface area contributed by atoms with Crippen LogP contribution in [0.5, 0.6) is 0 Å². The lowest BCUT2D eigenvalue weighted by Gasteiger charge is -2.37. The molecule has 1 saturated carbocycles. The highest BCUT2D eigenvalue weighted by Crippen LogP contribution is 2.37. The minimum atomic E-state index is -0.699. The van der Waals surface area contributed by atoms with Gasteiger partial charge in [-0.2, -0.15) is 0 Å². The molecule has 0 aliphatic heterocycles. The van der Waals surface area contributed by atoms with Crippen molar-refractivity contribution in [2.75, 3.05) is 13.7 Å². The van der Waals surface area contributed by atoms with Gasteiger partial charge in [-0.1, -0.05) is 0 Å². The topological polar surface area (TPSA) is 55.8 Å². The average Bonchev–Trinajstić information content (AvgIpc) is 2.13. The van der Waals surface area contributed by atoms with Crippen molar-refractivity contribution < 1.29 is 19.4 Å². The molecule has 0 unspecified atom stereocenters. The molecule has 0 heterocycles. The van der Waals surface area contributed by atoms with Crippen molar-refractivity contribution in [3.63, 3.8) is 0 Å². The van der Waals surface area contributed by atoms with E-state index in [1.807, 2.05) is 6.92 Å². The largest absolute Gasteiger partial charge is 0.508 e. The number of ether oxygens (including phenoxy) is 2. The minimum Gasteiger partial charge on any atom is -0.438 e. The smallest absolute Gasteiger partial charge is 0.438 e. The van der Waals surface area contributed by atoms with E-state index in [4.69, 9.17) is 0 Å². The Balaban J connectivity index is 2.33. The van der Waals surface area contributed by atoms with Gasteiger partial charge in [0.05, 0.1) is 12.7 Å².